The van der Waals surface area contributed by atoms with E-state index in [0.29, 0.717) is 36.9 Å². The number of fused-ring (bicyclic) bond motifs is 1. The van der Waals surface area contributed by atoms with E-state index in [9.17, 15) is 4.79 Å². The molecule has 0 atom stereocenters. The van der Waals surface area contributed by atoms with Crippen LogP contribution in [0.1, 0.15) is 35.1 Å². The van der Waals surface area contributed by atoms with Crippen LogP contribution in [0.15, 0.2) is 48.8 Å². The van der Waals surface area contributed by atoms with Gasteiger partial charge in [0.15, 0.2) is 5.78 Å². The Balaban J connectivity index is 1.36. The maximum Gasteiger partial charge on any atom is 0.320 e. The molecule has 1 aromatic carbocycles. The van der Waals surface area contributed by atoms with Crippen LogP contribution >= 0.6 is 0 Å². The molecule has 2 aliphatic heterocycles. The molecule has 1 saturated heterocycles. The van der Waals surface area contributed by atoms with Gasteiger partial charge in [0.25, 0.3) is 0 Å². The molecule has 0 unspecified atom stereocenters. The fourth-order valence-electron chi connectivity index (χ4n) is 4.51. The normalized spacial score (nSPS) is 16.1. The Morgan fingerprint density at radius 2 is 1.79 bits per heavy atom. The summed E-state index contributed by atoms with van der Waals surface area (Å²) >= 11 is 0. The topological polar surface area (TPSA) is 97.5 Å². The molecule has 2 aliphatic rings. The highest BCUT2D eigenvalue weighted by atomic mass is 16.5. The summed E-state index contributed by atoms with van der Waals surface area (Å²) in [6.07, 6.45) is 6.25. The zero-order valence-corrected chi connectivity index (χ0v) is 18.6. The Labute approximate surface area is 193 Å². The number of benzene rings is 1. The van der Waals surface area contributed by atoms with Crippen molar-refractivity contribution in [1.82, 2.24) is 19.9 Å². The first kappa shape index (κ1) is 21.3. The van der Waals surface area contributed by atoms with Gasteiger partial charge in [0.1, 0.15) is 18.2 Å². The highest BCUT2D eigenvalue weighted by molar-refractivity contribution is 5.91. The van der Waals surface area contributed by atoms with Gasteiger partial charge in [0.2, 0.25) is 0 Å². The number of carbonyl (C=O) groups is 1. The van der Waals surface area contributed by atoms with Crippen LogP contribution in [0, 0.1) is 0 Å². The average molecular weight is 445 g/mol. The molecule has 0 aliphatic carbocycles. The smallest absolute Gasteiger partial charge is 0.320 e. The minimum atomic E-state index is 0.107. The van der Waals surface area contributed by atoms with Gasteiger partial charge in [0, 0.05) is 43.0 Å². The van der Waals surface area contributed by atoms with Gasteiger partial charge in [-0.15, -0.1) is 0 Å². The minimum absolute atomic E-state index is 0.107. The number of hydrogen-bond acceptors (Lipinski definition) is 8. The minimum Gasteiger partial charge on any atom is -0.458 e. The predicted molar refractivity (Wildman–Crippen MR) is 126 cm³/mol. The second kappa shape index (κ2) is 9.54. The Kier molecular flexibility index (Phi) is 6.17. The van der Waals surface area contributed by atoms with Crippen molar-refractivity contribution in [2.75, 3.05) is 30.3 Å². The number of rotatable bonds is 7. The number of anilines is 2. The average Bonchev–Trinajstić information content (AvgIpc) is 3.32. The molecule has 3 aromatic rings. The molecule has 4 heterocycles. The van der Waals surface area contributed by atoms with Gasteiger partial charge >= 0.3 is 6.01 Å². The van der Waals surface area contributed by atoms with Gasteiger partial charge < -0.3 is 15.4 Å². The monoisotopic (exact) mass is 444 g/mol. The summed E-state index contributed by atoms with van der Waals surface area (Å²) in [6.45, 7) is 4.45. The number of pyridine rings is 1. The quantitative estimate of drug-likeness (QED) is 0.594. The molecule has 8 nitrogen and oxygen atoms in total. The zero-order valence-electron chi connectivity index (χ0n) is 18.6. The molecule has 5 rings (SSSR count). The van der Waals surface area contributed by atoms with Crippen LogP contribution in [0.4, 0.5) is 11.6 Å². The number of nitrogen functional groups attached to an aromatic ring is 1. The van der Waals surface area contributed by atoms with Crippen LogP contribution in [0.25, 0.3) is 0 Å². The van der Waals surface area contributed by atoms with Crippen molar-refractivity contribution in [3.63, 3.8) is 0 Å². The summed E-state index contributed by atoms with van der Waals surface area (Å²) in [5, 5.41) is 0. The van der Waals surface area contributed by atoms with E-state index in [2.05, 4.69) is 44.1 Å². The van der Waals surface area contributed by atoms with Crippen LogP contribution in [-0.4, -0.2) is 45.3 Å². The fraction of sp³-hybridized carbons (Fsp3) is 0.360. The summed E-state index contributed by atoms with van der Waals surface area (Å²) in [6, 6.07) is 12.6. The van der Waals surface area contributed by atoms with Crippen LogP contribution in [0.5, 0.6) is 6.01 Å². The SMILES string of the molecule is Nc1nc(OCc2cccnc2)nc2c1CC(=O)CN2Cc1cccc(CN2CCCC2)c1. The number of ketones is 1. The standard InChI is InChI=1S/C25H28N6O2/c26-23-22-12-21(32)16-31(15-19-6-3-5-18(11-19)14-30-9-1-2-10-30)24(22)29-25(28-23)33-17-20-7-4-8-27-13-20/h3-8,11,13H,1-2,9-10,12,14-17H2,(H2,26,28,29). The van der Waals surface area contributed by atoms with Gasteiger partial charge in [-0.1, -0.05) is 30.3 Å². The van der Waals surface area contributed by atoms with E-state index in [1.54, 1.807) is 12.4 Å². The van der Waals surface area contributed by atoms with E-state index in [1.807, 2.05) is 17.0 Å². The maximum atomic E-state index is 12.5. The first-order valence-electron chi connectivity index (χ1n) is 11.4. The van der Waals surface area contributed by atoms with Gasteiger partial charge in [-0.2, -0.15) is 9.97 Å². The Hall–Kier alpha value is -3.52. The van der Waals surface area contributed by atoms with Crippen LogP contribution in [-0.2, 0) is 30.9 Å². The largest absolute Gasteiger partial charge is 0.458 e. The summed E-state index contributed by atoms with van der Waals surface area (Å²) in [5.74, 6) is 1.07. The van der Waals surface area contributed by atoms with Crippen molar-refractivity contribution >= 4 is 17.4 Å². The molecule has 0 amide bonds. The van der Waals surface area contributed by atoms with E-state index >= 15 is 0 Å². The van der Waals surface area contributed by atoms with Gasteiger partial charge in [-0.3, -0.25) is 14.7 Å². The Bertz CT molecular complexity index is 1130. The van der Waals surface area contributed by atoms with Crippen LogP contribution in [0.2, 0.25) is 0 Å². The van der Waals surface area contributed by atoms with E-state index in [-0.39, 0.29) is 18.2 Å². The van der Waals surface area contributed by atoms with E-state index in [4.69, 9.17) is 10.5 Å². The second-order valence-electron chi connectivity index (χ2n) is 8.72. The van der Waals surface area contributed by atoms with Gasteiger partial charge in [0.05, 0.1) is 6.54 Å². The highest BCUT2D eigenvalue weighted by Crippen LogP contribution is 2.31. The lowest BCUT2D eigenvalue weighted by Crippen LogP contribution is -2.36. The van der Waals surface area contributed by atoms with Gasteiger partial charge in [-0.05, 0) is 43.1 Å². The molecule has 2 aromatic heterocycles. The highest BCUT2D eigenvalue weighted by Gasteiger charge is 2.28. The predicted octanol–water partition coefficient (Wildman–Crippen LogP) is 2.76. The Morgan fingerprint density at radius 3 is 2.58 bits per heavy atom. The molecule has 1 fully saturated rings. The third-order valence-electron chi connectivity index (χ3n) is 6.10. The van der Waals surface area contributed by atoms with Gasteiger partial charge in [-0.25, -0.2) is 0 Å². The second-order valence-corrected chi connectivity index (χ2v) is 8.72. The molecule has 0 bridgehead atoms. The summed E-state index contributed by atoms with van der Waals surface area (Å²) in [7, 11) is 0. The number of Topliss-reactive ketones (excluding diaryl/α,β-unsaturated/α-hetero) is 1. The molecule has 33 heavy (non-hydrogen) atoms. The van der Waals surface area contributed by atoms with E-state index < -0.39 is 0 Å². The van der Waals surface area contributed by atoms with Crippen molar-refractivity contribution in [3.8, 4) is 6.01 Å². The van der Waals surface area contributed by atoms with Crippen molar-refractivity contribution in [2.45, 2.75) is 39.0 Å². The first-order chi connectivity index (χ1) is 16.1. The third-order valence-corrected chi connectivity index (χ3v) is 6.10. The third kappa shape index (κ3) is 5.12. The maximum absolute atomic E-state index is 12.5. The van der Waals surface area contributed by atoms with Crippen molar-refractivity contribution in [3.05, 3.63) is 71.0 Å². The molecule has 2 N–H and O–H groups in total. The molecular formula is C25H28N6O2. The molecular weight excluding hydrogens is 416 g/mol. The summed E-state index contributed by atoms with van der Waals surface area (Å²) < 4.78 is 5.80. The number of carbonyl (C=O) groups excluding carboxylic acids is 1. The number of nitrogens with two attached hydrogens (primary N) is 1. The molecule has 0 saturated carbocycles. The summed E-state index contributed by atoms with van der Waals surface area (Å²) in [4.78, 5) is 30.0. The Morgan fingerprint density at radius 1 is 1.00 bits per heavy atom. The first-order valence-corrected chi connectivity index (χ1v) is 11.4. The van der Waals surface area contributed by atoms with Crippen molar-refractivity contribution < 1.29 is 9.53 Å². The lowest BCUT2D eigenvalue weighted by Gasteiger charge is -2.30. The lowest BCUT2D eigenvalue weighted by molar-refractivity contribution is -0.117. The van der Waals surface area contributed by atoms with E-state index in [1.165, 1.54) is 18.4 Å². The molecule has 0 radical (unpaired) electrons. The van der Waals surface area contributed by atoms with Crippen molar-refractivity contribution in [1.29, 1.82) is 0 Å². The number of likely N-dealkylation sites (tertiary alicyclic amines) is 1. The number of aromatic nitrogens is 3. The molecule has 0 spiro atoms. The summed E-state index contributed by atoms with van der Waals surface area (Å²) in [5.41, 5.74) is 10.2. The van der Waals surface area contributed by atoms with Crippen LogP contribution in [0.3, 0.4) is 0 Å². The van der Waals surface area contributed by atoms with E-state index in [0.717, 1.165) is 30.8 Å². The zero-order chi connectivity index (χ0) is 22.6. The molecule has 170 valence electrons. The van der Waals surface area contributed by atoms with Crippen LogP contribution < -0.4 is 15.4 Å². The number of ether oxygens (including phenoxy) is 1. The fourth-order valence-corrected chi connectivity index (χ4v) is 4.51. The van der Waals surface area contributed by atoms with Crippen molar-refractivity contribution in [2.24, 2.45) is 0 Å². The lowest BCUT2D eigenvalue weighted by atomic mass is 10.0. The number of nitrogens with zero attached hydrogens (tertiary/aromatic N) is 5. The molecule has 8 heteroatoms. The number of hydrogen-bond donors (Lipinski definition) is 1.